The summed E-state index contributed by atoms with van der Waals surface area (Å²) in [6.45, 7) is 0. The quantitative estimate of drug-likeness (QED) is 0.687. The molecule has 5 nitrogen and oxygen atoms in total. The molecule has 0 aromatic carbocycles. The molecule has 3 heterocycles. The van der Waals surface area contributed by atoms with Crippen molar-refractivity contribution in [2.75, 3.05) is 0 Å². The van der Waals surface area contributed by atoms with Gasteiger partial charge in [0.15, 0.2) is 5.65 Å². The van der Waals surface area contributed by atoms with Crippen LogP contribution in [0.1, 0.15) is 0 Å². The Bertz CT molecular complexity index is 732. The first-order valence-electron chi connectivity index (χ1n) is 4.92. The molecule has 0 amide bonds. The van der Waals surface area contributed by atoms with Gasteiger partial charge in [-0.05, 0) is 34.7 Å². The van der Waals surface area contributed by atoms with E-state index in [2.05, 4.69) is 37.5 Å². The minimum atomic E-state index is -0.123. The van der Waals surface area contributed by atoms with Crippen molar-refractivity contribution in [3.63, 3.8) is 0 Å². The number of halogens is 1. The maximum atomic E-state index is 11.7. The summed E-state index contributed by atoms with van der Waals surface area (Å²) < 4.78 is 2.73. The van der Waals surface area contributed by atoms with Gasteiger partial charge in [-0.2, -0.15) is 0 Å². The number of nitrogens with one attached hydrogen (secondary N) is 1. The predicted molar refractivity (Wildman–Crippen MR) is 72.2 cm³/mol. The molecule has 3 aromatic heterocycles. The average molecular weight is 338 g/mol. The Hall–Kier alpha value is -1.70. The van der Waals surface area contributed by atoms with Crippen LogP contribution >= 0.6 is 22.6 Å². The van der Waals surface area contributed by atoms with Gasteiger partial charge in [0, 0.05) is 16.0 Å². The van der Waals surface area contributed by atoms with E-state index >= 15 is 0 Å². The number of hydrogen-bond acceptors (Lipinski definition) is 3. The minimum absolute atomic E-state index is 0.123. The van der Waals surface area contributed by atoms with Crippen molar-refractivity contribution in [2.24, 2.45) is 0 Å². The zero-order chi connectivity index (χ0) is 11.8. The second kappa shape index (κ2) is 3.95. The Morgan fingerprint density at radius 1 is 1.41 bits per heavy atom. The third-order valence-corrected chi connectivity index (χ3v) is 3.28. The highest BCUT2D eigenvalue weighted by Gasteiger charge is 2.11. The lowest BCUT2D eigenvalue weighted by atomic mass is 10.4. The number of H-pyrrole nitrogens is 1. The lowest BCUT2D eigenvalue weighted by Crippen LogP contribution is -2.07. The largest absolute Gasteiger partial charge is 0.312 e. The molecule has 17 heavy (non-hydrogen) atoms. The van der Waals surface area contributed by atoms with Crippen LogP contribution in [-0.2, 0) is 0 Å². The normalized spacial score (nSPS) is 10.9. The Labute approximate surface area is 110 Å². The molecule has 84 valence electrons. The van der Waals surface area contributed by atoms with Crippen molar-refractivity contribution in [3.05, 3.63) is 51.0 Å². The molecule has 6 heteroatoms. The molecule has 3 rings (SSSR count). The highest BCUT2D eigenvalue weighted by Crippen LogP contribution is 2.20. The van der Waals surface area contributed by atoms with E-state index in [4.69, 9.17) is 0 Å². The number of nitrogens with zero attached hydrogens (tertiary/aromatic N) is 3. The van der Waals surface area contributed by atoms with Gasteiger partial charge in [-0.1, -0.05) is 0 Å². The number of aromatic nitrogens is 4. The molecule has 1 N–H and O–H groups in total. The van der Waals surface area contributed by atoms with Gasteiger partial charge >= 0.3 is 0 Å². The van der Waals surface area contributed by atoms with Gasteiger partial charge in [0.25, 0.3) is 5.56 Å². The van der Waals surface area contributed by atoms with Gasteiger partial charge in [-0.15, -0.1) is 0 Å². The van der Waals surface area contributed by atoms with E-state index in [9.17, 15) is 4.79 Å². The first-order valence-corrected chi connectivity index (χ1v) is 6.00. The third-order valence-electron chi connectivity index (χ3n) is 2.47. The molecule has 0 aliphatic rings. The van der Waals surface area contributed by atoms with Crippen LogP contribution in [0.3, 0.4) is 0 Å². The van der Waals surface area contributed by atoms with Gasteiger partial charge < -0.3 is 4.98 Å². The van der Waals surface area contributed by atoms with E-state index in [0.717, 1.165) is 9.26 Å². The van der Waals surface area contributed by atoms with E-state index in [0.29, 0.717) is 11.0 Å². The molecular formula is C11H7IN4O. The van der Waals surface area contributed by atoms with Crippen LogP contribution in [0.4, 0.5) is 0 Å². The molecule has 0 bridgehead atoms. The van der Waals surface area contributed by atoms with Gasteiger partial charge in [-0.3, -0.25) is 14.3 Å². The van der Waals surface area contributed by atoms with E-state index in [1.165, 1.54) is 6.33 Å². The second-order valence-corrected chi connectivity index (χ2v) is 4.65. The molecule has 0 saturated carbocycles. The van der Waals surface area contributed by atoms with Gasteiger partial charge in [0.2, 0.25) is 0 Å². The number of rotatable bonds is 1. The molecule has 0 spiro atoms. The monoisotopic (exact) mass is 338 g/mol. The van der Waals surface area contributed by atoms with E-state index in [1.807, 2.05) is 22.9 Å². The molecule has 0 aliphatic carbocycles. The van der Waals surface area contributed by atoms with Crippen LogP contribution in [-0.4, -0.2) is 19.5 Å². The number of fused-ring (bicyclic) bond motifs is 1. The van der Waals surface area contributed by atoms with Crippen LogP contribution in [0, 0.1) is 3.57 Å². The molecule has 0 fully saturated rings. The summed E-state index contributed by atoms with van der Waals surface area (Å²) in [5.41, 5.74) is 1.41. The molecule has 0 saturated heterocycles. The fraction of sp³-hybridized carbons (Fsp3) is 0. The average Bonchev–Trinajstić information content (AvgIpc) is 2.69. The van der Waals surface area contributed by atoms with Gasteiger partial charge in [0.1, 0.15) is 0 Å². The van der Waals surface area contributed by atoms with Crippen LogP contribution in [0.15, 0.2) is 41.8 Å². The maximum absolute atomic E-state index is 11.7. The van der Waals surface area contributed by atoms with E-state index < -0.39 is 0 Å². The standard InChI is InChI=1S/C11H7IN4O/c12-8-5-16(7-2-1-3-13-4-7)10-9(8)11(17)15-6-14-10/h1-6H,(H,14,15,17). The van der Waals surface area contributed by atoms with Gasteiger partial charge in [-0.25, -0.2) is 4.98 Å². The summed E-state index contributed by atoms with van der Waals surface area (Å²) in [6.07, 6.45) is 6.73. The zero-order valence-corrected chi connectivity index (χ0v) is 10.7. The Morgan fingerprint density at radius 3 is 3.06 bits per heavy atom. The van der Waals surface area contributed by atoms with Crippen LogP contribution in [0.2, 0.25) is 0 Å². The smallest absolute Gasteiger partial charge is 0.261 e. The summed E-state index contributed by atoms with van der Waals surface area (Å²) >= 11 is 2.13. The maximum Gasteiger partial charge on any atom is 0.261 e. The molecule has 0 atom stereocenters. The van der Waals surface area contributed by atoms with Crippen LogP contribution < -0.4 is 5.56 Å². The lowest BCUT2D eigenvalue weighted by molar-refractivity contribution is 1.05. The number of aromatic amines is 1. The molecule has 0 radical (unpaired) electrons. The minimum Gasteiger partial charge on any atom is -0.312 e. The third kappa shape index (κ3) is 1.64. The van der Waals surface area contributed by atoms with Crippen LogP contribution in [0.5, 0.6) is 0 Å². The summed E-state index contributed by atoms with van der Waals surface area (Å²) in [5.74, 6) is 0. The fourth-order valence-corrected chi connectivity index (χ4v) is 2.49. The highest BCUT2D eigenvalue weighted by molar-refractivity contribution is 14.1. The van der Waals surface area contributed by atoms with E-state index in [1.54, 1.807) is 12.4 Å². The summed E-state index contributed by atoms with van der Waals surface area (Å²) in [6, 6.07) is 3.77. The summed E-state index contributed by atoms with van der Waals surface area (Å²) in [4.78, 5) is 22.6. The summed E-state index contributed by atoms with van der Waals surface area (Å²) in [5, 5.41) is 0.608. The predicted octanol–water partition coefficient (Wildman–Crippen LogP) is 1.71. The highest BCUT2D eigenvalue weighted by atomic mass is 127. The van der Waals surface area contributed by atoms with Crippen molar-refractivity contribution in [2.45, 2.75) is 0 Å². The second-order valence-electron chi connectivity index (χ2n) is 3.49. The number of pyridine rings is 1. The van der Waals surface area contributed by atoms with Crippen molar-refractivity contribution < 1.29 is 0 Å². The lowest BCUT2D eigenvalue weighted by Gasteiger charge is -2.02. The van der Waals surface area contributed by atoms with Crippen molar-refractivity contribution >= 4 is 33.6 Å². The topological polar surface area (TPSA) is 63.6 Å². The Balaban J connectivity index is 2.40. The molecular weight excluding hydrogens is 331 g/mol. The molecule has 0 aliphatic heterocycles. The fourth-order valence-electron chi connectivity index (χ4n) is 1.72. The number of hydrogen-bond donors (Lipinski definition) is 1. The van der Waals surface area contributed by atoms with E-state index in [-0.39, 0.29) is 5.56 Å². The van der Waals surface area contributed by atoms with Crippen molar-refractivity contribution in [1.29, 1.82) is 0 Å². The SMILES string of the molecule is O=c1[nH]cnc2c1c(I)cn2-c1cccnc1. The molecule has 3 aromatic rings. The molecule has 0 unspecified atom stereocenters. The summed E-state index contributed by atoms with van der Waals surface area (Å²) in [7, 11) is 0. The Kier molecular flexibility index (Phi) is 2.43. The van der Waals surface area contributed by atoms with Crippen molar-refractivity contribution in [3.8, 4) is 5.69 Å². The Morgan fingerprint density at radius 2 is 2.29 bits per heavy atom. The first kappa shape index (κ1) is 10.5. The van der Waals surface area contributed by atoms with Crippen molar-refractivity contribution in [1.82, 2.24) is 19.5 Å². The first-order chi connectivity index (χ1) is 8.27. The van der Waals surface area contributed by atoms with Gasteiger partial charge in [0.05, 0.1) is 23.6 Å². The van der Waals surface area contributed by atoms with Crippen LogP contribution in [0.25, 0.3) is 16.7 Å². The zero-order valence-electron chi connectivity index (χ0n) is 8.59.